The number of nitrogens with one attached hydrogen (secondary N) is 1. The predicted molar refractivity (Wildman–Crippen MR) is 169 cm³/mol. The van der Waals surface area contributed by atoms with Crippen LogP contribution in [0, 0.1) is 0 Å². The molecule has 3 aromatic carbocycles. The first-order chi connectivity index (χ1) is 21.0. The molecule has 8 nitrogen and oxygen atoms in total. The van der Waals surface area contributed by atoms with Gasteiger partial charge in [-0.3, -0.25) is 4.79 Å². The summed E-state index contributed by atoms with van der Waals surface area (Å²) in [6.45, 7) is 3.34. The molecule has 0 aromatic heterocycles. The van der Waals surface area contributed by atoms with Gasteiger partial charge in [0.2, 0.25) is 5.91 Å². The molecule has 6 rings (SSSR count). The first kappa shape index (κ1) is 29.2. The fourth-order valence-electron chi connectivity index (χ4n) is 6.59. The van der Waals surface area contributed by atoms with Crippen molar-refractivity contribution in [1.29, 1.82) is 0 Å². The van der Waals surface area contributed by atoms with Crippen LogP contribution in [0.3, 0.4) is 0 Å². The van der Waals surface area contributed by atoms with E-state index in [1.807, 2.05) is 29.2 Å². The van der Waals surface area contributed by atoms with Crippen LogP contribution in [0.4, 0.5) is 16.2 Å². The molecule has 1 aliphatic heterocycles. The smallest absolute Gasteiger partial charge is 0.410 e. The molecule has 1 saturated heterocycles. The summed E-state index contributed by atoms with van der Waals surface area (Å²) in [6, 6.07) is 25.0. The Kier molecular flexibility index (Phi) is 8.68. The maximum atomic E-state index is 13.8. The SMILES string of the molecule is COC(=O)N(Cc1cccc(-c2ccc(N3CCOCC3)c(NC(=O)C3(c4ccccc4)CC3)c2)c1)C1CCC(N)CC1. The number of nitrogens with zero attached hydrogens (tertiary/aromatic N) is 2. The van der Waals surface area contributed by atoms with E-state index in [0.717, 1.165) is 85.2 Å². The molecular weight excluding hydrogens is 540 g/mol. The molecule has 43 heavy (non-hydrogen) atoms. The van der Waals surface area contributed by atoms with Crippen LogP contribution in [-0.2, 0) is 26.2 Å². The fraction of sp³-hybridized carbons (Fsp3) is 0.429. The van der Waals surface area contributed by atoms with Gasteiger partial charge in [-0.1, -0.05) is 54.6 Å². The van der Waals surface area contributed by atoms with Crippen LogP contribution in [0.25, 0.3) is 11.1 Å². The molecule has 2 saturated carbocycles. The molecule has 0 atom stereocenters. The van der Waals surface area contributed by atoms with Gasteiger partial charge in [0, 0.05) is 31.7 Å². The summed E-state index contributed by atoms with van der Waals surface area (Å²) in [5.41, 5.74) is 11.6. The number of nitrogens with two attached hydrogens (primary N) is 1. The second-order valence-corrected chi connectivity index (χ2v) is 12.1. The van der Waals surface area contributed by atoms with Gasteiger partial charge in [0.25, 0.3) is 0 Å². The molecule has 3 fully saturated rings. The third-order valence-electron chi connectivity index (χ3n) is 9.31. The van der Waals surface area contributed by atoms with E-state index in [4.69, 9.17) is 15.2 Å². The number of benzene rings is 3. The Hall–Kier alpha value is -3.88. The fourth-order valence-corrected chi connectivity index (χ4v) is 6.59. The van der Waals surface area contributed by atoms with Crippen LogP contribution in [0.1, 0.15) is 49.7 Å². The third kappa shape index (κ3) is 6.40. The number of carbonyl (C=O) groups is 2. The Morgan fingerprint density at radius 1 is 0.953 bits per heavy atom. The van der Waals surface area contributed by atoms with E-state index < -0.39 is 5.41 Å². The van der Waals surface area contributed by atoms with Crippen molar-refractivity contribution < 1.29 is 19.1 Å². The number of morpholine rings is 1. The highest BCUT2D eigenvalue weighted by atomic mass is 16.5. The molecule has 3 aliphatic rings. The average molecular weight is 583 g/mol. The van der Waals surface area contributed by atoms with Crippen molar-refractivity contribution in [3.05, 3.63) is 83.9 Å². The van der Waals surface area contributed by atoms with Gasteiger partial charge in [0.1, 0.15) is 0 Å². The molecular formula is C35H42N4O4. The van der Waals surface area contributed by atoms with E-state index in [0.29, 0.717) is 19.8 Å². The summed E-state index contributed by atoms with van der Waals surface area (Å²) in [6.07, 6.45) is 4.97. The summed E-state index contributed by atoms with van der Waals surface area (Å²) >= 11 is 0. The number of amides is 2. The summed E-state index contributed by atoms with van der Waals surface area (Å²) in [4.78, 5) is 30.7. The number of carbonyl (C=O) groups excluding carboxylic acids is 2. The van der Waals surface area contributed by atoms with Crippen LogP contribution < -0.4 is 16.0 Å². The quantitative estimate of drug-likeness (QED) is 0.354. The predicted octanol–water partition coefficient (Wildman–Crippen LogP) is 5.70. The number of hydrogen-bond donors (Lipinski definition) is 2. The van der Waals surface area contributed by atoms with Gasteiger partial charge in [-0.2, -0.15) is 0 Å². The van der Waals surface area contributed by atoms with Gasteiger partial charge >= 0.3 is 6.09 Å². The zero-order chi connectivity index (χ0) is 29.8. The lowest BCUT2D eigenvalue weighted by molar-refractivity contribution is -0.118. The van der Waals surface area contributed by atoms with Crippen molar-refractivity contribution in [3.63, 3.8) is 0 Å². The Balaban J connectivity index is 1.28. The van der Waals surface area contributed by atoms with Crippen molar-refractivity contribution in [2.45, 2.75) is 62.6 Å². The first-order valence-corrected chi connectivity index (χ1v) is 15.5. The monoisotopic (exact) mass is 582 g/mol. The Bertz CT molecular complexity index is 1430. The standard InChI is InChI=1S/C35H42N4O4/c1-42-34(41)39(30-13-11-29(36)12-14-30)24-25-6-5-7-26(22-25)27-10-15-32(38-18-20-43-21-19-38)31(23-27)37-33(40)35(16-17-35)28-8-3-2-4-9-28/h2-10,15,22-23,29-30H,11-14,16-21,24,36H2,1H3,(H,37,40). The molecule has 3 aromatic rings. The summed E-state index contributed by atoms with van der Waals surface area (Å²) in [5, 5.41) is 3.33. The maximum absolute atomic E-state index is 13.8. The van der Waals surface area contributed by atoms with E-state index in [-0.39, 0.29) is 24.1 Å². The highest BCUT2D eigenvalue weighted by Gasteiger charge is 2.51. The highest BCUT2D eigenvalue weighted by Crippen LogP contribution is 2.49. The zero-order valence-corrected chi connectivity index (χ0v) is 25.0. The van der Waals surface area contributed by atoms with Gasteiger partial charge in [-0.25, -0.2) is 4.79 Å². The van der Waals surface area contributed by atoms with Crippen LogP contribution in [0.5, 0.6) is 0 Å². The van der Waals surface area contributed by atoms with E-state index in [1.165, 1.54) is 7.11 Å². The second-order valence-electron chi connectivity index (χ2n) is 12.1. The Morgan fingerprint density at radius 3 is 2.37 bits per heavy atom. The molecule has 2 amide bonds. The first-order valence-electron chi connectivity index (χ1n) is 15.5. The summed E-state index contributed by atoms with van der Waals surface area (Å²) < 4.78 is 10.8. The van der Waals surface area contributed by atoms with E-state index in [2.05, 4.69) is 58.7 Å². The zero-order valence-electron chi connectivity index (χ0n) is 25.0. The molecule has 8 heteroatoms. The van der Waals surface area contributed by atoms with Crippen LogP contribution in [-0.4, -0.2) is 62.4 Å². The van der Waals surface area contributed by atoms with Gasteiger partial charge in [0.05, 0.1) is 37.1 Å². The molecule has 0 unspecified atom stereocenters. The van der Waals surface area contributed by atoms with E-state index in [1.54, 1.807) is 0 Å². The van der Waals surface area contributed by atoms with Crippen molar-refractivity contribution in [2.24, 2.45) is 5.73 Å². The molecule has 1 heterocycles. The molecule has 3 N–H and O–H groups in total. The van der Waals surface area contributed by atoms with Gasteiger partial charge in [-0.15, -0.1) is 0 Å². The van der Waals surface area contributed by atoms with Gasteiger partial charge < -0.3 is 30.3 Å². The number of rotatable bonds is 8. The number of hydrogen-bond acceptors (Lipinski definition) is 6. The molecule has 0 bridgehead atoms. The largest absolute Gasteiger partial charge is 0.453 e. The third-order valence-corrected chi connectivity index (χ3v) is 9.31. The second kappa shape index (κ2) is 12.8. The number of ether oxygens (including phenoxy) is 2. The van der Waals surface area contributed by atoms with Crippen LogP contribution in [0.2, 0.25) is 0 Å². The normalized spacial score (nSPS) is 21.1. The minimum absolute atomic E-state index is 0.0417. The molecule has 0 spiro atoms. The van der Waals surface area contributed by atoms with E-state index >= 15 is 0 Å². The van der Waals surface area contributed by atoms with Crippen molar-refractivity contribution >= 4 is 23.4 Å². The topological polar surface area (TPSA) is 97.1 Å². The summed E-state index contributed by atoms with van der Waals surface area (Å²) in [5.74, 6) is 0.0417. The minimum atomic E-state index is -0.472. The Labute approximate surface area is 254 Å². The van der Waals surface area contributed by atoms with Gasteiger partial charge in [-0.05, 0) is 79.0 Å². The minimum Gasteiger partial charge on any atom is -0.453 e. The van der Waals surface area contributed by atoms with Crippen molar-refractivity contribution in [2.75, 3.05) is 43.6 Å². The highest BCUT2D eigenvalue weighted by molar-refractivity contribution is 6.04. The van der Waals surface area contributed by atoms with Crippen molar-refractivity contribution in [3.8, 4) is 11.1 Å². The number of methoxy groups -OCH3 is 1. The van der Waals surface area contributed by atoms with Crippen LogP contribution >= 0.6 is 0 Å². The van der Waals surface area contributed by atoms with E-state index in [9.17, 15) is 9.59 Å². The molecule has 2 aliphatic carbocycles. The summed E-state index contributed by atoms with van der Waals surface area (Å²) in [7, 11) is 1.44. The molecule has 226 valence electrons. The van der Waals surface area contributed by atoms with Crippen LogP contribution in [0.15, 0.2) is 72.8 Å². The lowest BCUT2D eigenvalue weighted by atomic mass is 9.90. The average Bonchev–Trinajstić information content (AvgIpc) is 3.87. The lowest BCUT2D eigenvalue weighted by Gasteiger charge is -2.35. The Morgan fingerprint density at radius 2 is 1.67 bits per heavy atom. The van der Waals surface area contributed by atoms with Crippen molar-refractivity contribution in [1.82, 2.24) is 4.90 Å². The maximum Gasteiger partial charge on any atom is 0.410 e. The molecule has 0 radical (unpaired) electrons. The number of anilines is 2. The lowest BCUT2D eigenvalue weighted by Crippen LogP contribution is -2.43. The van der Waals surface area contributed by atoms with Gasteiger partial charge in [0.15, 0.2) is 0 Å².